The first kappa shape index (κ1) is 7.81. The Morgan fingerprint density at radius 2 is 2.12 bits per heavy atom. The molecule has 1 aromatic rings. The molecule has 0 fully saturated rings. The van der Waals surface area contributed by atoms with Gasteiger partial charge in [-0.2, -0.15) is 0 Å². The number of hydrogen-bond donors (Lipinski definition) is 0. The summed E-state index contributed by atoms with van der Waals surface area (Å²) in [6, 6.07) is 3.83. The fraction of sp³-hybridized carbons (Fsp3) is 0.200. The van der Waals surface area contributed by atoms with Gasteiger partial charge in [-0.25, -0.2) is 0 Å². The van der Waals surface area contributed by atoms with Crippen LogP contribution in [0.1, 0.15) is 0 Å². The van der Waals surface area contributed by atoms with Crippen molar-refractivity contribution in [3.63, 3.8) is 0 Å². The lowest BCUT2D eigenvalue weighted by Gasteiger charge is -1.75. The Hall–Kier alpha value is -0.190. The van der Waals surface area contributed by atoms with E-state index in [0.29, 0.717) is 0 Å². The number of halogens is 1. The van der Waals surface area contributed by atoms with Crippen molar-refractivity contribution in [2.45, 2.75) is 0 Å². The molecule has 0 aliphatic rings. The SMILES string of the molecule is C[n+]1ccccn1.[I-]. The summed E-state index contributed by atoms with van der Waals surface area (Å²) in [6.45, 7) is 0. The Balaban J connectivity index is 0.000000490. The summed E-state index contributed by atoms with van der Waals surface area (Å²) in [4.78, 5) is 0. The zero-order valence-corrected chi connectivity index (χ0v) is 6.74. The lowest BCUT2D eigenvalue weighted by Crippen LogP contribution is -3.00. The van der Waals surface area contributed by atoms with Crippen LogP contribution in [0.3, 0.4) is 0 Å². The van der Waals surface area contributed by atoms with Crippen molar-refractivity contribution in [3.05, 3.63) is 24.5 Å². The standard InChI is InChI=1S/C5H7N2.HI/c1-7-5-3-2-4-6-7;/h2-5H,1H3;1H/q+1;/p-1. The summed E-state index contributed by atoms with van der Waals surface area (Å²) in [5.74, 6) is 0. The largest absolute Gasteiger partial charge is 1.00 e. The molecule has 1 rings (SSSR count). The van der Waals surface area contributed by atoms with Gasteiger partial charge in [0.1, 0.15) is 0 Å². The highest BCUT2D eigenvalue weighted by Crippen LogP contribution is 1.66. The first-order chi connectivity index (χ1) is 3.39. The second-order valence-electron chi connectivity index (χ2n) is 1.37. The van der Waals surface area contributed by atoms with Crippen LogP contribution >= 0.6 is 0 Å². The molecular weight excluding hydrogens is 215 g/mol. The van der Waals surface area contributed by atoms with E-state index in [4.69, 9.17) is 0 Å². The van der Waals surface area contributed by atoms with Crippen molar-refractivity contribution >= 4 is 0 Å². The van der Waals surface area contributed by atoms with Crippen molar-refractivity contribution in [2.24, 2.45) is 7.05 Å². The van der Waals surface area contributed by atoms with Gasteiger partial charge in [0, 0.05) is 6.07 Å². The zero-order chi connectivity index (χ0) is 5.11. The molecule has 0 spiro atoms. The molecule has 1 heterocycles. The fourth-order valence-corrected chi connectivity index (χ4v) is 0.406. The molecule has 8 heavy (non-hydrogen) atoms. The minimum Gasteiger partial charge on any atom is -1.00 e. The maximum atomic E-state index is 3.90. The van der Waals surface area contributed by atoms with E-state index in [1.54, 1.807) is 10.9 Å². The Labute approximate surface area is 65.6 Å². The van der Waals surface area contributed by atoms with Crippen LogP contribution in [0.5, 0.6) is 0 Å². The normalized spacial score (nSPS) is 7.62. The van der Waals surface area contributed by atoms with Gasteiger partial charge in [-0.05, 0) is 11.2 Å². The maximum absolute atomic E-state index is 3.90. The van der Waals surface area contributed by atoms with Gasteiger partial charge in [0.05, 0.1) is 6.20 Å². The Morgan fingerprint density at radius 1 is 1.38 bits per heavy atom. The van der Waals surface area contributed by atoms with E-state index in [-0.39, 0.29) is 24.0 Å². The van der Waals surface area contributed by atoms with Gasteiger partial charge in [0.15, 0.2) is 13.2 Å². The van der Waals surface area contributed by atoms with Crippen LogP contribution in [0.25, 0.3) is 0 Å². The van der Waals surface area contributed by atoms with Crippen molar-refractivity contribution in [1.82, 2.24) is 5.10 Å². The maximum Gasteiger partial charge on any atom is 0.195 e. The van der Waals surface area contributed by atoms with E-state index in [2.05, 4.69) is 5.10 Å². The summed E-state index contributed by atoms with van der Waals surface area (Å²) >= 11 is 0. The predicted molar refractivity (Wildman–Crippen MR) is 25.4 cm³/mol. The van der Waals surface area contributed by atoms with Crippen molar-refractivity contribution in [3.8, 4) is 0 Å². The molecule has 1 aromatic heterocycles. The van der Waals surface area contributed by atoms with E-state index in [9.17, 15) is 0 Å². The zero-order valence-electron chi connectivity index (χ0n) is 4.58. The third-order valence-corrected chi connectivity index (χ3v) is 0.748. The van der Waals surface area contributed by atoms with Gasteiger partial charge in [-0.15, -0.1) is 0 Å². The van der Waals surface area contributed by atoms with Crippen molar-refractivity contribution in [1.29, 1.82) is 0 Å². The average molecular weight is 222 g/mol. The summed E-state index contributed by atoms with van der Waals surface area (Å²) in [6.07, 6.45) is 3.64. The Kier molecular flexibility index (Phi) is 3.68. The summed E-state index contributed by atoms with van der Waals surface area (Å²) in [5.41, 5.74) is 0. The molecule has 0 aliphatic heterocycles. The molecule has 0 unspecified atom stereocenters. The van der Waals surface area contributed by atoms with Crippen molar-refractivity contribution in [2.75, 3.05) is 0 Å². The Morgan fingerprint density at radius 3 is 2.38 bits per heavy atom. The first-order valence-corrected chi connectivity index (χ1v) is 2.16. The van der Waals surface area contributed by atoms with Gasteiger partial charge in [-0.3, -0.25) is 0 Å². The first-order valence-electron chi connectivity index (χ1n) is 2.16. The number of aromatic nitrogens is 2. The molecule has 44 valence electrons. The molecule has 3 heteroatoms. The molecule has 0 radical (unpaired) electrons. The second-order valence-corrected chi connectivity index (χ2v) is 1.37. The molecule has 0 atom stereocenters. The summed E-state index contributed by atoms with van der Waals surface area (Å²) in [5, 5.41) is 3.90. The molecule has 0 saturated carbocycles. The topological polar surface area (TPSA) is 16.8 Å². The predicted octanol–water partition coefficient (Wildman–Crippen LogP) is -3.09. The van der Waals surface area contributed by atoms with Crippen molar-refractivity contribution < 1.29 is 28.7 Å². The van der Waals surface area contributed by atoms with Crippen LogP contribution in [-0.2, 0) is 7.05 Å². The second kappa shape index (κ2) is 3.77. The van der Waals surface area contributed by atoms with Gasteiger partial charge < -0.3 is 24.0 Å². The fourth-order valence-electron chi connectivity index (χ4n) is 0.406. The molecular formula is C5H7IN2. The Bertz CT molecular complexity index is 140. The molecule has 0 bridgehead atoms. The van der Waals surface area contributed by atoms with E-state index in [0.717, 1.165) is 0 Å². The van der Waals surface area contributed by atoms with E-state index < -0.39 is 0 Å². The molecule has 0 N–H and O–H groups in total. The third-order valence-electron chi connectivity index (χ3n) is 0.748. The number of aryl methyl sites for hydroxylation is 1. The summed E-state index contributed by atoms with van der Waals surface area (Å²) in [7, 11) is 1.89. The molecule has 0 saturated heterocycles. The smallest absolute Gasteiger partial charge is 0.195 e. The number of hydrogen-bond acceptors (Lipinski definition) is 1. The minimum atomic E-state index is 0. The molecule has 0 aromatic carbocycles. The number of nitrogens with zero attached hydrogens (tertiary/aromatic N) is 2. The van der Waals surface area contributed by atoms with Crippen LogP contribution in [-0.4, -0.2) is 5.10 Å². The lowest BCUT2D eigenvalue weighted by molar-refractivity contribution is -0.730. The lowest BCUT2D eigenvalue weighted by atomic mass is 10.6. The van der Waals surface area contributed by atoms with E-state index in [1.165, 1.54) is 0 Å². The van der Waals surface area contributed by atoms with Gasteiger partial charge in [-0.1, -0.05) is 4.68 Å². The molecule has 0 amide bonds. The highest BCUT2D eigenvalue weighted by Gasteiger charge is 1.80. The van der Waals surface area contributed by atoms with E-state index >= 15 is 0 Å². The highest BCUT2D eigenvalue weighted by atomic mass is 127. The van der Waals surface area contributed by atoms with Gasteiger partial charge in [0.2, 0.25) is 0 Å². The van der Waals surface area contributed by atoms with E-state index in [1.807, 2.05) is 25.4 Å². The minimum absolute atomic E-state index is 0. The van der Waals surface area contributed by atoms with Crippen LogP contribution in [0, 0.1) is 0 Å². The molecule has 0 aliphatic carbocycles. The van der Waals surface area contributed by atoms with Gasteiger partial charge >= 0.3 is 0 Å². The third kappa shape index (κ3) is 2.20. The van der Waals surface area contributed by atoms with Crippen LogP contribution < -0.4 is 28.7 Å². The quantitative estimate of drug-likeness (QED) is 0.336. The average Bonchev–Trinajstić information content (AvgIpc) is 1.69. The van der Waals surface area contributed by atoms with Crippen LogP contribution in [0.4, 0.5) is 0 Å². The van der Waals surface area contributed by atoms with Crippen LogP contribution in [0.15, 0.2) is 24.5 Å². The summed E-state index contributed by atoms with van der Waals surface area (Å²) < 4.78 is 1.75. The molecule has 2 nitrogen and oxygen atoms in total. The highest BCUT2D eigenvalue weighted by molar-refractivity contribution is 4.76. The van der Waals surface area contributed by atoms with Gasteiger partial charge in [0.25, 0.3) is 0 Å². The monoisotopic (exact) mass is 222 g/mol. The van der Waals surface area contributed by atoms with Crippen LogP contribution in [0.2, 0.25) is 0 Å². The number of rotatable bonds is 0.